The van der Waals surface area contributed by atoms with Gasteiger partial charge in [0.15, 0.2) is 5.13 Å². The molecule has 0 aliphatic heterocycles. The number of benzene rings is 1. The van der Waals surface area contributed by atoms with E-state index in [1.165, 1.54) is 18.3 Å². The van der Waals surface area contributed by atoms with E-state index in [1.807, 2.05) is 0 Å². The molecule has 0 amide bonds. The molecule has 1 N–H and O–H groups in total. The summed E-state index contributed by atoms with van der Waals surface area (Å²) in [7, 11) is -3.85. The number of ether oxygens (including phenoxy) is 1. The van der Waals surface area contributed by atoms with Gasteiger partial charge < -0.3 is 4.74 Å². The molecule has 1 aromatic carbocycles. The van der Waals surface area contributed by atoms with Gasteiger partial charge in [-0.25, -0.2) is 18.2 Å². The molecular weight excluding hydrogens is 336 g/mol. The number of rotatable bonds is 5. The van der Waals surface area contributed by atoms with Crippen LogP contribution < -0.4 is 4.72 Å². The monoisotopic (exact) mass is 346 g/mol. The van der Waals surface area contributed by atoms with E-state index in [2.05, 4.69) is 9.71 Å². The molecule has 0 saturated carbocycles. The Kier molecular flexibility index (Phi) is 4.81. The number of anilines is 1. The molecule has 0 radical (unpaired) electrons. The number of esters is 1. The number of thiazole rings is 1. The van der Waals surface area contributed by atoms with Gasteiger partial charge in [-0.05, 0) is 19.1 Å². The Morgan fingerprint density at radius 1 is 1.43 bits per heavy atom. The van der Waals surface area contributed by atoms with E-state index in [-0.39, 0.29) is 26.5 Å². The molecule has 0 fully saturated rings. The zero-order valence-corrected chi connectivity index (χ0v) is 13.3. The summed E-state index contributed by atoms with van der Waals surface area (Å²) in [4.78, 5) is 15.5. The molecule has 0 atom stereocenters. The molecule has 1 aromatic heterocycles. The van der Waals surface area contributed by atoms with Gasteiger partial charge in [-0.1, -0.05) is 35.1 Å². The third-order valence-electron chi connectivity index (χ3n) is 2.33. The molecule has 2 aromatic rings. The van der Waals surface area contributed by atoms with Gasteiger partial charge >= 0.3 is 5.97 Å². The van der Waals surface area contributed by atoms with E-state index >= 15 is 0 Å². The third kappa shape index (κ3) is 3.72. The van der Waals surface area contributed by atoms with Crippen LogP contribution in [0.2, 0.25) is 5.02 Å². The van der Waals surface area contributed by atoms with Crippen molar-refractivity contribution in [3.05, 3.63) is 40.4 Å². The summed E-state index contributed by atoms with van der Waals surface area (Å²) in [5.41, 5.74) is 0. The summed E-state index contributed by atoms with van der Waals surface area (Å²) < 4.78 is 31.5. The molecule has 9 heteroatoms. The maximum Gasteiger partial charge on any atom is 0.350 e. The van der Waals surface area contributed by atoms with E-state index in [9.17, 15) is 13.2 Å². The van der Waals surface area contributed by atoms with Gasteiger partial charge in [0.05, 0.1) is 17.8 Å². The molecular formula is C12H11ClN2O4S2. The molecule has 0 spiro atoms. The smallest absolute Gasteiger partial charge is 0.350 e. The van der Waals surface area contributed by atoms with Gasteiger partial charge in [-0.15, -0.1) is 0 Å². The first-order valence-electron chi connectivity index (χ1n) is 5.84. The highest BCUT2D eigenvalue weighted by atomic mass is 35.5. The van der Waals surface area contributed by atoms with Crippen molar-refractivity contribution in [2.45, 2.75) is 11.8 Å². The SMILES string of the molecule is CCOC(=O)c1cnc(NS(=O)(=O)c2ccccc2Cl)s1. The minimum atomic E-state index is -3.85. The summed E-state index contributed by atoms with van der Waals surface area (Å²) in [6, 6.07) is 6.04. The van der Waals surface area contributed by atoms with Crippen LogP contribution in [0.15, 0.2) is 35.4 Å². The van der Waals surface area contributed by atoms with Crippen molar-refractivity contribution >= 4 is 44.1 Å². The number of nitrogens with zero attached hydrogens (tertiary/aromatic N) is 1. The average molecular weight is 347 g/mol. The molecule has 0 saturated heterocycles. The maximum atomic E-state index is 12.2. The van der Waals surface area contributed by atoms with Gasteiger partial charge in [0.1, 0.15) is 9.77 Å². The van der Waals surface area contributed by atoms with Crippen LogP contribution in [0.5, 0.6) is 0 Å². The van der Waals surface area contributed by atoms with Gasteiger partial charge in [0.2, 0.25) is 0 Å². The number of aromatic nitrogens is 1. The summed E-state index contributed by atoms with van der Waals surface area (Å²) in [5.74, 6) is -0.543. The first kappa shape index (κ1) is 15.7. The van der Waals surface area contributed by atoms with Crippen LogP contribution in [0.4, 0.5) is 5.13 Å². The fraction of sp³-hybridized carbons (Fsp3) is 0.167. The van der Waals surface area contributed by atoms with E-state index in [4.69, 9.17) is 16.3 Å². The van der Waals surface area contributed by atoms with Crippen LogP contribution in [0.1, 0.15) is 16.6 Å². The molecule has 0 unspecified atom stereocenters. The van der Waals surface area contributed by atoms with E-state index in [0.717, 1.165) is 11.3 Å². The second-order valence-electron chi connectivity index (χ2n) is 3.79. The summed E-state index contributed by atoms with van der Waals surface area (Å²) >= 11 is 6.75. The number of hydrogen-bond acceptors (Lipinski definition) is 6. The Balaban J connectivity index is 2.22. The van der Waals surface area contributed by atoms with Crippen molar-refractivity contribution in [1.29, 1.82) is 0 Å². The highest BCUT2D eigenvalue weighted by Gasteiger charge is 2.20. The summed E-state index contributed by atoms with van der Waals surface area (Å²) in [5, 5.41) is 0.171. The van der Waals surface area contributed by atoms with Crippen LogP contribution in [0.25, 0.3) is 0 Å². The molecule has 1 heterocycles. The molecule has 6 nitrogen and oxygen atoms in total. The molecule has 21 heavy (non-hydrogen) atoms. The van der Waals surface area contributed by atoms with Crippen molar-refractivity contribution in [3.8, 4) is 0 Å². The Labute approximate surface area is 130 Å². The van der Waals surface area contributed by atoms with E-state index in [0.29, 0.717) is 0 Å². The fourth-order valence-corrected chi connectivity index (χ4v) is 3.92. The number of carbonyl (C=O) groups is 1. The van der Waals surface area contributed by atoms with Crippen LogP contribution >= 0.6 is 22.9 Å². The standard InChI is InChI=1S/C12H11ClN2O4S2/c1-2-19-11(16)9-7-14-12(20-9)15-21(17,18)10-6-4-3-5-8(10)13/h3-7H,2H2,1H3,(H,14,15). The third-order valence-corrected chi connectivity index (χ3v) is 5.19. The van der Waals surface area contributed by atoms with Crippen molar-refractivity contribution < 1.29 is 17.9 Å². The van der Waals surface area contributed by atoms with E-state index < -0.39 is 16.0 Å². The number of carbonyl (C=O) groups excluding carboxylic acids is 1. The van der Waals surface area contributed by atoms with Gasteiger partial charge in [0, 0.05) is 0 Å². The van der Waals surface area contributed by atoms with Crippen molar-refractivity contribution in [2.24, 2.45) is 0 Å². The molecule has 0 aliphatic rings. The Morgan fingerprint density at radius 2 is 2.14 bits per heavy atom. The molecule has 0 aliphatic carbocycles. The highest BCUT2D eigenvalue weighted by molar-refractivity contribution is 7.93. The Morgan fingerprint density at radius 3 is 2.81 bits per heavy atom. The summed E-state index contributed by atoms with van der Waals surface area (Å²) in [6.07, 6.45) is 1.26. The largest absolute Gasteiger partial charge is 0.462 e. The van der Waals surface area contributed by atoms with Gasteiger partial charge in [-0.3, -0.25) is 4.72 Å². The topological polar surface area (TPSA) is 85.4 Å². The molecule has 2 rings (SSSR count). The first-order valence-corrected chi connectivity index (χ1v) is 8.52. The predicted molar refractivity (Wildman–Crippen MR) is 80.3 cm³/mol. The fourth-order valence-electron chi connectivity index (χ4n) is 1.45. The highest BCUT2D eigenvalue weighted by Crippen LogP contribution is 2.25. The van der Waals surface area contributed by atoms with Crippen LogP contribution in [-0.4, -0.2) is 26.0 Å². The number of sulfonamides is 1. The molecule has 0 bridgehead atoms. The minimum Gasteiger partial charge on any atom is -0.462 e. The van der Waals surface area contributed by atoms with Crippen LogP contribution in [-0.2, 0) is 14.8 Å². The maximum absolute atomic E-state index is 12.2. The second kappa shape index (κ2) is 6.42. The number of hydrogen-bond donors (Lipinski definition) is 1. The number of halogens is 1. The van der Waals surface area contributed by atoms with Crippen LogP contribution in [0.3, 0.4) is 0 Å². The Hall–Kier alpha value is -1.64. The zero-order valence-electron chi connectivity index (χ0n) is 10.9. The van der Waals surface area contributed by atoms with Crippen molar-refractivity contribution in [2.75, 3.05) is 11.3 Å². The zero-order chi connectivity index (χ0) is 15.5. The lowest BCUT2D eigenvalue weighted by atomic mass is 10.4. The van der Waals surface area contributed by atoms with Crippen molar-refractivity contribution in [1.82, 2.24) is 4.98 Å². The van der Waals surface area contributed by atoms with Crippen LogP contribution in [0, 0.1) is 0 Å². The lowest BCUT2D eigenvalue weighted by Gasteiger charge is -2.06. The van der Waals surface area contributed by atoms with E-state index in [1.54, 1.807) is 19.1 Å². The quantitative estimate of drug-likeness (QED) is 0.841. The number of nitrogens with one attached hydrogen (secondary N) is 1. The average Bonchev–Trinajstić information content (AvgIpc) is 2.87. The van der Waals surface area contributed by atoms with Gasteiger partial charge in [-0.2, -0.15) is 0 Å². The lowest BCUT2D eigenvalue weighted by molar-refractivity contribution is 0.0532. The molecule has 112 valence electrons. The van der Waals surface area contributed by atoms with Gasteiger partial charge in [0.25, 0.3) is 10.0 Å². The normalized spacial score (nSPS) is 11.1. The minimum absolute atomic E-state index is 0.0560. The van der Waals surface area contributed by atoms with Crippen molar-refractivity contribution in [3.63, 3.8) is 0 Å². The summed E-state index contributed by atoms with van der Waals surface area (Å²) in [6.45, 7) is 1.91. The second-order valence-corrected chi connectivity index (χ2v) is 6.87. The Bertz CT molecular complexity index is 758. The first-order chi connectivity index (χ1) is 9.94. The predicted octanol–water partition coefficient (Wildman–Crippen LogP) is 2.77. The lowest BCUT2D eigenvalue weighted by Crippen LogP contribution is -2.13.